The summed E-state index contributed by atoms with van der Waals surface area (Å²) in [6, 6.07) is 11.0. The van der Waals surface area contributed by atoms with E-state index < -0.39 is 101 Å². The van der Waals surface area contributed by atoms with Crippen molar-refractivity contribution in [3.63, 3.8) is 0 Å². The first kappa shape index (κ1) is 51.1. The molecule has 3 aromatic rings. The number of nitrogens with zero attached hydrogens (tertiary/aromatic N) is 2. The molecule has 5 amide bonds. The molecule has 1 heterocycles. The summed E-state index contributed by atoms with van der Waals surface area (Å²) in [7, 11) is 0. The zero-order valence-corrected chi connectivity index (χ0v) is 36.2. The lowest BCUT2D eigenvalue weighted by molar-refractivity contribution is -0.140. The van der Waals surface area contributed by atoms with E-state index in [-0.39, 0.29) is 57.2 Å². The highest BCUT2D eigenvalue weighted by Gasteiger charge is 2.37. The maximum Gasteiger partial charge on any atom is 0.303 e. The Morgan fingerprint density at radius 1 is 0.857 bits per heavy atom. The van der Waals surface area contributed by atoms with E-state index in [2.05, 4.69) is 16.0 Å². The van der Waals surface area contributed by atoms with Gasteiger partial charge in [-0.3, -0.25) is 38.4 Å². The van der Waals surface area contributed by atoms with Crippen LogP contribution in [0.3, 0.4) is 0 Å². The van der Waals surface area contributed by atoms with E-state index in [0.29, 0.717) is 17.8 Å². The van der Waals surface area contributed by atoms with Crippen LogP contribution in [-0.2, 0) is 44.9 Å². The monoisotopic (exact) mass is 880 g/mol. The number of nitrogens with two attached hydrogens (primary N) is 1. The van der Waals surface area contributed by atoms with E-state index in [1.54, 1.807) is 12.3 Å². The zero-order valence-electron chi connectivity index (χ0n) is 36.2. The topological polar surface area (TPSA) is 247 Å². The average Bonchev–Trinajstić information content (AvgIpc) is 3.61. The number of ketones is 2. The van der Waals surface area contributed by atoms with Crippen molar-refractivity contribution < 1.29 is 57.4 Å². The number of primary amides is 1. The second kappa shape index (κ2) is 23.8. The predicted molar refractivity (Wildman–Crippen MR) is 227 cm³/mol. The molecule has 342 valence electrons. The number of rotatable bonds is 25. The second-order valence-electron chi connectivity index (χ2n) is 16.6. The number of aromatic nitrogens is 1. The first-order valence-corrected chi connectivity index (χ1v) is 20.6. The van der Waals surface area contributed by atoms with Crippen LogP contribution in [0.5, 0.6) is 0 Å². The maximum absolute atomic E-state index is 15.1. The molecule has 0 bridgehead atoms. The summed E-state index contributed by atoms with van der Waals surface area (Å²) < 4.78 is 31.3. The number of Topliss-reactive ketones (excluding diaryl/α,β-unsaturated/α-hetero) is 2. The molecule has 0 aliphatic carbocycles. The lowest BCUT2D eigenvalue weighted by Crippen LogP contribution is -2.51. The number of aliphatic carboxylic acids is 1. The summed E-state index contributed by atoms with van der Waals surface area (Å²) in [6.07, 6.45) is -0.154. The van der Waals surface area contributed by atoms with Gasteiger partial charge in [0.1, 0.15) is 30.1 Å². The van der Waals surface area contributed by atoms with Crippen molar-refractivity contribution >= 4 is 47.1 Å². The van der Waals surface area contributed by atoms with Gasteiger partial charge in [-0.25, -0.2) is 8.78 Å². The molecule has 1 aromatic heterocycles. The first-order valence-electron chi connectivity index (χ1n) is 20.6. The van der Waals surface area contributed by atoms with Crippen LogP contribution in [0, 0.1) is 23.0 Å². The molecule has 18 heteroatoms. The maximum atomic E-state index is 15.1. The lowest BCUT2D eigenvalue weighted by Gasteiger charge is -2.41. The Hall–Kier alpha value is -6.30. The van der Waals surface area contributed by atoms with Crippen LogP contribution >= 0.6 is 0 Å². The average molecular weight is 881 g/mol. The molecular weight excluding hydrogens is 823 g/mol. The van der Waals surface area contributed by atoms with Gasteiger partial charge in [0.05, 0.1) is 24.9 Å². The number of hydrogen-bond acceptors (Lipinski definition) is 9. The molecule has 0 saturated heterocycles. The Kier molecular flexibility index (Phi) is 19.3. The minimum atomic E-state index is -1.43. The fraction of sp³-hybridized carbons (Fsp3) is 0.467. The van der Waals surface area contributed by atoms with E-state index in [1.165, 1.54) is 18.7 Å². The van der Waals surface area contributed by atoms with Gasteiger partial charge in [0.2, 0.25) is 29.5 Å². The molecule has 0 saturated carbocycles. The molecule has 0 fully saturated rings. The van der Waals surface area contributed by atoms with Crippen LogP contribution < -0.4 is 21.7 Å². The molecule has 0 aliphatic heterocycles. The van der Waals surface area contributed by atoms with E-state index >= 15 is 4.39 Å². The number of nitrogens with one attached hydrogen (secondary N) is 3. The van der Waals surface area contributed by atoms with Crippen LogP contribution in [-0.4, -0.2) is 98.5 Å². The molecular formula is C45H58F2N6O10. The summed E-state index contributed by atoms with van der Waals surface area (Å²) in [5.41, 5.74) is 6.56. The van der Waals surface area contributed by atoms with E-state index in [0.717, 1.165) is 23.8 Å². The third kappa shape index (κ3) is 16.2. The summed E-state index contributed by atoms with van der Waals surface area (Å²) >= 11 is 0. The van der Waals surface area contributed by atoms with Crippen LogP contribution in [0.4, 0.5) is 8.78 Å². The molecule has 3 rings (SSSR count). The van der Waals surface area contributed by atoms with Gasteiger partial charge in [-0.05, 0) is 48.6 Å². The van der Waals surface area contributed by atoms with Crippen LogP contribution in [0.1, 0.15) is 96.9 Å². The van der Waals surface area contributed by atoms with Crippen LogP contribution in [0.25, 0.3) is 11.1 Å². The number of halogens is 2. The third-order valence-electron chi connectivity index (χ3n) is 10.2. The number of carboxylic acids is 1. The number of amides is 5. The Balaban J connectivity index is 1.72. The fourth-order valence-corrected chi connectivity index (χ4v) is 7.00. The van der Waals surface area contributed by atoms with Gasteiger partial charge in [-0.2, -0.15) is 0 Å². The molecule has 63 heavy (non-hydrogen) atoms. The number of benzene rings is 2. The van der Waals surface area contributed by atoms with Gasteiger partial charge in [0, 0.05) is 74.3 Å². The Bertz CT molecular complexity index is 2120. The minimum absolute atomic E-state index is 0.00350. The number of aliphatic hydroxyl groups is 1. The van der Waals surface area contributed by atoms with E-state index in [4.69, 9.17) is 10.8 Å². The highest BCUT2D eigenvalue weighted by Crippen LogP contribution is 2.41. The first-order chi connectivity index (χ1) is 29.6. The number of aliphatic hydroxyl groups excluding tert-OH is 1. The standard InChI is InChI=1S/C45H58F2N6O10/c1-27(20-37(56)28(2)50-39(58)16-13-32(55)14-17-41(60)61)43(62)51-35(23-38(48)57)44(63)49-18-9-19-53(40(59)26-54)42(45(3,4)5)36-21-30(33-22-31(46)12-15-34(33)47)25-52(36)24-29-10-7-6-8-11-29/h6-8,10-12,15,21-22,25,27-28,35,42,54H,9,13-14,16-20,23-24,26H2,1-5H3,(H2,48,57)(H,49,63)(H,50,58)(H,51,62)(H,60,61)/t27-,28+,35+,42+/m1/s1. The van der Waals surface area contributed by atoms with Crippen molar-refractivity contribution in [2.24, 2.45) is 17.1 Å². The highest BCUT2D eigenvalue weighted by atomic mass is 19.1. The normalized spacial score (nSPS) is 13.2. The fourth-order valence-electron chi connectivity index (χ4n) is 7.00. The smallest absolute Gasteiger partial charge is 0.303 e. The Morgan fingerprint density at radius 2 is 1.52 bits per heavy atom. The summed E-state index contributed by atoms with van der Waals surface area (Å²) in [6.45, 7) is 7.89. The molecule has 16 nitrogen and oxygen atoms in total. The predicted octanol–water partition coefficient (Wildman–Crippen LogP) is 3.57. The zero-order chi connectivity index (χ0) is 47.0. The third-order valence-corrected chi connectivity index (χ3v) is 10.2. The van der Waals surface area contributed by atoms with E-state index in [9.17, 15) is 47.9 Å². The molecule has 0 aliphatic rings. The lowest BCUT2D eigenvalue weighted by atomic mass is 9.83. The summed E-state index contributed by atoms with van der Waals surface area (Å²) in [5.74, 6) is -8.05. The van der Waals surface area contributed by atoms with Crippen molar-refractivity contribution in [1.29, 1.82) is 0 Å². The molecule has 0 unspecified atom stereocenters. The SMILES string of the molecule is C[C@H](CC(=O)[C@H](C)NC(=O)CCC(=O)CCC(=O)O)C(=O)N[C@@H](CC(N)=O)C(=O)NCCCN(C(=O)CO)[C@@H](c1cc(-c2cc(F)ccc2F)cn1Cc1ccccc1)C(C)(C)C. The summed E-state index contributed by atoms with van der Waals surface area (Å²) in [5, 5.41) is 26.4. The van der Waals surface area contributed by atoms with Crippen LogP contribution in [0.15, 0.2) is 60.8 Å². The van der Waals surface area contributed by atoms with Crippen molar-refractivity contribution in [1.82, 2.24) is 25.4 Å². The molecule has 0 radical (unpaired) electrons. The van der Waals surface area contributed by atoms with Gasteiger partial charge in [-0.15, -0.1) is 0 Å². The quantitative estimate of drug-likeness (QED) is 0.0676. The molecule has 2 aromatic carbocycles. The molecule has 0 spiro atoms. The van der Waals surface area contributed by atoms with Gasteiger partial charge in [0.15, 0.2) is 5.78 Å². The van der Waals surface area contributed by atoms with Gasteiger partial charge < -0.3 is 41.4 Å². The van der Waals surface area contributed by atoms with Crippen molar-refractivity contribution in [3.8, 4) is 11.1 Å². The largest absolute Gasteiger partial charge is 0.481 e. The van der Waals surface area contributed by atoms with Gasteiger partial charge >= 0.3 is 5.97 Å². The highest BCUT2D eigenvalue weighted by molar-refractivity contribution is 5.95. The number of hydrogen-bond donors (Lipinski definition) is 6. The molecule has 4 atom stereocenters. The number of carboxylic acid groups (broad SMARTS) is 1. The summed E-state index contributed by atoms with van der Waals surface area (Å²) in [4.78, 5) is 101. The Morgan fingerprint density at radius 3 is 2.14 bits per heavy atom. The van der Waals surface area contributed by atoms with Crippen LogP contribution in [0.2, 0.25) is 0 Å². The van der Waals surface area contributed by atoms with Gasteiger partial charge in [0.25, 0.3) is 0 Å². The van der Waals surface area contributed by atoms with Gasteiger partial charge in [-0.1, -0.05) is 58.0 Å². The number of carbonyl (C=O) groups excluding carboxylic acids is 7. The van der Waals surface area contributed by atoms with Crippen molar-refractivity contribution in [2.45, 2.75) is 104 Å². The second-order valence-corrected chi connectivity index (χ2v) is 16.6. The van der Waals surface area contributed by atoms with Crippen molar-refractivity contribution in [2.75, 3.05) is 19.7 Å². The Labute approximate surface area is 365 Å². The van der Waals surface area contributed by atoms with Crippen molar-refractivity contribution in [3.05, 3.63) is 83.7 Å². The molecule has 7 N–H and O–H groups in total. The number of carbonyl (C=O) groups is 8. The van der Waals surface area contributed by atoms with E-state index in [1.807, 2.05) is 55.7 Å². The minimum Gasteiger partial charge on any atom is -0.481 e.